The van der Waals surface area contributed by atoms with Gasteiger partial charge in [-0.15, -0.1) is 0 Å². The second-order valence-corrected chi connectivity index (χ2v) is 8.86. The number of rotatable bonds is 6. The maximum atomic E-state index is 12.8. The van der Waals surface area contributed by atoms with Crippen molar-refractivity contribution in [2.75, 3.05) is 5.32 Å². The van der Waals surface area contributed by atoms with Gasteiger partial charge in [0, 0.05) is 54.3 Å². The minimum Gasteiger partial charge on any atom is -0.391 e. The first kappa shape index (κ1) is 22.0. The number of aryl methyl sites for hydroxylation is 1. The van der Waals surface area contributed by atoms with Crippen molar-refractivity contribution in [3.63, 3.8) is 0 Å². The molecule has 174 valence electrons. The molecule has 0 bridgehead atoms. The molecule has 4 aromatic rings. The highest BCUT2D eigenvalue weighted by molar-refractivity contribution is 5.95. The molecule has 1 saturated carbocycles. The number of aromatic nitrogens is 4. The van der Waals surface area contributed by atoms with E-state index in [2.05, 4.69) is 31.7 Å². The van der Waals surface area contributed by atoms with Crippen LogP contribution in [0.2, 0.25) is 0 Å². The molecule has 0 saturated heterocycles. The van der Waals surface area contributed by atoms with Gasteiger partial charge in [0.1, 0.15) is 0 Å². The number of nitrogens with one attached hydrogen (secondary N) is 2. The number of hydrogen-bond donors (Lipinski definition) is 3. The molecule has 1 fully saturated rings. The van der Waals surface area contributed by atoms with Crippen molar-refractivity contribution in [1.82, 2.24) is 24.7 Å². The third-order valence-electron chi connectivity index (χ3n) is 6.40. The Morgan fingerprint density at radius 1 is 1.15 bits per heavy atom. The maximum absolute atomic E-state index is 12.8. The van der Waals surface area contributed by atoms with E-state index in [1.54, 1.807) is 18.6 Å². The summed E-state index contributed by atoms with van der Waals surface area (Å²) in [6, 6.07) is 7.51. The Bertz CT molecular complexity index is 1320. The summed E-state index contributed by atoms with van der Waals surface area (Å²) in [6.45, 7) is 2.56. The van der Waals surface area contributed by atoms with Crippen LogP contribution < -0.4 is 10.6 Å². The third-order valence-corrected chi connectivity index (χ3v) is 6.40. The van der Waals surface area contributed by atoms with Crippen LogP contribution in [0.4, 0.5) is 5.69 Å². The lowest BCUT2D eigenvalue weighted by Crippen LogP contribution is -2.45. The first-order chi connectivity index (χ1) is 16.6. The van der Waals surface area contributed by atoms with Gasteiger partial charge in [-0.1, -0.05) is 18.9 Å². The Hall–Kier alpha value is -3.78. The zero-order valence-electron chi connectivity index (χ0n) is 19.1. The number of benzene rings is 1. The molecular formula is C26H28N6O2. The highest BCUT2D eigenvalue weighted by Gasteiger charge is 2.25. The molecule has 1 aliphatic carbocycles. The number of aliphatic hydroxyl groups is 1. The van der Waals surface area contributed by atoms with Crippen molar-refractivity contribution >= 4 is 17.2 Å². The third kappa shape index (κ3) is 4.77. The van der Waals surface area contributed by atoms with E-state index in [4.69, 9.17) is 0 Å². The van der Waals surface area contributed by atoms with Crippen LogP contribution in [0, 0.1) is 6.92 Å². The maximum Gasteiger partial charge on any atom is 0.251 e. The standard InChI is InChI=1S/C26H28N6O2/c1-17-6-7-19(26(34)31-21-4-2-3-5-24(21)33)11-22(17)29-13-18-10-20(14-27-12-18)23-16-32-9-8-28-25(32)15-30-23/h6-12,14-16,21,24,29,33H,2-5,13H2,1H3,(H,31,34)/t21-,24-/m0/s1. The molecule has 0 aliphatic heterocycles. The molecule has 1 aliphatic rings. The second kappa shape index (κ2) is 9.61. The van der Waals surface area contributed by atoms with Crippen LogP contribution in [0.15, 0.2) is 61.4 Å². The van der Waals surface area contributed by atoms with E-state index in [9.17, 15) is 9.90 Å². The number of nitrogens with zero attached hydrogens (tertiary/aromatic N) is 4. The van der Waals surface area contributed by atoms with Crippen LogP contribution in [-0.2, 0) is 6.54 Å². The average molecular weight is 457 g/mol. The average Bonchev–Trinajstić information content (AvgIpc) is 3.33. The quantitative estimate of drug-likeness (QED) is 0.408. The summed E-state index contributed by atoms with van der Waals surface area (Å²) < 4.78 is 1.93. The highest BCUT2D eigenvalue weighted by atomic mass is 16.3. The van der Waals surface area contributed by atoms with Crippen molar-refractivity contribution < 1.29 is 9.90 Å². The van der Waals surface area contributed by atoms with Gasteiger partial charge in [0.25, 0.3) is 5.91 Å². The SMILES string of the molecule is Cc1ccc(C(=O)N[C@H]2CCCC[C@@H]2O)cc1NCc1cncc(-c2cn3ccnc3cn2)c1. The smallest absolute Gasteiger partial charge is 0.251 e. The van der Waals surface area contributed by atoms with E-state index in [-0.39, 0.29) is 11.9 Å². The Kier molecular flexibility index (Phi) is 6.22. The lowest BCUT2D eigenvalue weighted by Gasteiger charge is -2.28. The predicted octanol–water partition coefficient (Wildman–Crippen LogP) is 3.75. The summed E-state index contributed by atoms with van der Waals surface area (Å²) in [5.74, 6) is -0.154. The van der Waals surface area contributed by atoms with Gasteiger partial charge >= 0.3 is 0 Å². The van der Waals surface area contributed by atoms with Gasteiger partial charge < -0.3 is 20.1 Å². The molecule has 0 radical (unpaired) electrons. The normalized spacial score (nSPS) is 18.1. The molecule has 3 aromatic heterocycles. The Morgan fingerprint density at radius 3 is 2.91 bits per heavy atom. The molecule has 34 heavy (non-hydrogen) atoms. The zero-order valence-corrected chi connectivity index (χ0v) is 19.1. The number of amides is 1. The number of pyridine rings is 1. The molecule has 3 heterocycles. The van der Waals surface area contributed by atoms with Gasteiger partial charge in [0.15, 0.2) is 5.65 Å². The van der Waals surface area contributed by atoms with E-state index >= 15 is 0 Å². The molecular weight excluding hydrogens is 428 g/mol. The molecule has 3 N–H and O–H groups in total. The predicted molar refractivity (Wildman–Crippen MR) is 130 cm³/mol. The van der Waals surface area contributed by atoms with Crippen LogP contribution >= 0.6 is 0 Å². The van der Waals surface area contributed by atoms with Crippen LogP contribution in [0.25, 0.3) is 16.9 Å². The number of hydrogen-bond acceptors (Lipinski definition) is 6. The molecule has 1 aromatic carbocycles. The van der Waals surface area contributed by atoms with E-state index in [0.717, 1.165) is 59.4 Å². The van der Waals surface area contributed by atoms with Crippen LogP contribution in [0.5, 0.6) is 0 Å². The first-order valence-electron chi connectivity index (χ1n) is 11.6. The number of anilines is 1. The van der Waals surface area contributed by atoms with Gasteiger partial charge in [-0.3, -0.25) is 14.8 Å². The minimum absolute atomic E-state index is 0.154. The zero-order chi connectivity index (χ0) is 23.5. The van der Waals surface area contributed by atoms with Crippen LogP contribution in [0.3, 0.4) is 0 Å². The summed E-state index contributed by atoms with van der Waals surface area (Å²) in [4.78, 5) is 25.9. The summed E-state index contributed by atoms with van der Waals surface area (Å²) >= 11 is 0. The molecule has 2 atom stereocenters. The largest absolute Gasteiger partial charge is 0.391 e. The van der Waals surface area contributed by atoms with Crippen molar-refractivity contribution in [2.45, 2.75) is 51.3 Å². The van der Waals surface area contributed by atoms with Crippen molar-refractivity contribution in [1.29, 1.82) is 0 Å². The van der Waals surface area contributed by atoms with Crippen LogP contribution in [-0.4, -0.2) is 42.5 Å². The second-order valence-electron chi connectivity index (χ2n) is 8.86. The van der Waals surface area contributed by atoms with Crippen molar-refractivity contribution in [3.05, 3.63) is 78.1 Å². The fourth-order valence-corrected chi connectivity index (χ4v) is 4.38. The lowest BCUT2D eigenvalue weighted by molar-refractivity contribution is 0.0717. The van der Waals surface area contributed by atoms with Crippen molar-refractivity contribution in [3.8, 4) is 11.3 Å². The molecule has 1 amide bonds. The molecule has 8 nitrogen and oxygen atoms in total. The van der Waals surface area contributed by atoms with E-state index < -0.39 is 6.10 Å². The fourth-order valence-electron chi connectivity index (χ4n) is 4.38. The van der Waals surface area contributed by atoms with E-state index in [1.165, 1.54) is 0 Å². The lowest BCUT2D eigenvalue weighted by atomic mass is 9.92. The van der Waals surface area contributed by atoms with Gasteiger partial charge in [0.2, 0.25) is 0 Å². The highest BCUT2D eigenvalue weighted by Crippen LogP contribution is 2.22. The monoisotopic (exact) mass is 456 g/mol. The summed E-state index contributed by atoms with van der Waals surface area (Å²) in [5.41, 5.74) is 6.06. The summed E-state index contributed by atoms with van der Waals surface area (Å²) in [7, 11) is 0. The van der Waals surface area contributed by atoms with Crippen molar-refractivity contribution in [2.24, 2.45) is 0 Å². The fraction of sp³-hybridized carbons (Fsp3) is 0.308. The Morgan fingerprint density at radius 2 is 2.03 bits per heavy atom. The van der Waals surface area contributed by atoms with Gasteiger partial charge in [-0.2, -0.15) is 0 Å². The molecule has 0 spiro atoms. The topological polar surface area (TPSA) is 104 Å². The van der Waals surface area contributed by atoms with E-state index in [0.29, 0.717) is 12.1 Å². The van der Waals surface area contributed by atoms with E-state index in [1.807, 2.05) is 48.1 Å². The Balaban J connectivity index is 1.28. The summed E-state index contributed by atoms with van der Waals surface area (Å²) in [5, 5.41) is 16.6. The number of carbonyl (C=O) groups excluding carboxylic acids is 1. The molecule has 0 unspecified atom stereocenters. The minimum atomic E-state index is -0.468. The number of fused-ring (bicyclic) bond motifs is 1. The van der Waals surface area contributed by atoms with Gasteiger partial charge in [0.05, 0.1) is 24.0 Å². The van der Waals surface area contributed by atoms with Gasteiger partial charge in [-0.25, -0.2) is 4.98 Å². The van der Waals surface area contributed by atoms with Crippen LogP contribution in [0.1, 0.15) is 47.2 Å². The molecule has 8 heteroatoms. The first-order valence-corrected chi connectivity index (χ1v) is 11.6. The Labute approximate surface area is 198 Å². The molecule has 5 rings (SSSR count). The van der Waals surface area contributed by atoms with Gasteiger partial charge in [-0.05, 0) is 49.1 Å². The summed E-state index contributed by atoms with van der Waals surface area (Å²) in [6.07, 6.45) is 14.1. The number of aliphatic hydroxyl groups excluding tert-OH is 1. The number of imidazole rings is 1. The number of carbonyl (C=O) groups is 1.